The Labute approximate surface area is 143 Å². The summed E-state index contributed by atoms with van der Waals surface area (Å²) in [6.45, 7) is 2.01. The van der Waals surface area contributed by atoms with Gasteiger partial charge in [0.2, 0.25) is 0 Å². The van der Waals surface area contributed by atoms with E-state index in [4.69, 9.17) is 33.7 Å². The first-order chi connectivity index (χ1) is 10.0. The summed E-state index contributed by atoms with van der Waals surface area (Å²) in [6.07, 6.45) is 0.423. The Morgan fingerprint density at radius 3 is 2.48 bits per heavy atom. The van der Waals surface area contributed by atoms with Crippen molar-refractivity contribution >= 4 is 39.1 Å². The van der Waals surface area contributed by atoms with Gasteiger partial charge in [-0.25, -0.2) is 0 Å². The molecule has 0 spiro atoms. The normalized spacial score (nSPS) is 13.8. The highest BCUT2D eigenvalue weighted by atomic mass is 79.9. The van der Waals surface area contributed by atoms with E-state index in [1.807, 2.05) is 43.3 Å². The number of halogens is 3. The first kappa shape index (κ1) is 16.6. The average Bonchev–Trinajstić information content (AvgIpc) is 2.47. The molecular formula is C16H16BrCl2NO. The Bertz CT molecular complexity index is 621. The van der Waals surface area contributed by atoms with E-state index in [0.29, 0.717) is 15.8 Å². The molecule has 0 amide bonds. The molecule has 0 radical (unpaired) electrons. The van der Waals surface area contributed by atoms with Crippen LogP contribution in [0, 0.1) is 0 Å². The SMILES string of the molecule is CCC(N)C(Oc1ccc(Br)cc1Cl)c1ccccc1Cl. The molecule has 5 heteroatoms. The summed E-state index contributed by atoms with van der Waals surface area (Å²) >= 11 is 15.9. The van der Waals surface area contributed by atoms with Crippen LogP contribution < -0.4 is 10.5 Å². The van der Waals surface area contributed by atoms with Crippen LogP contribution in [0.1, 0.15) is 25.0 Å². The first-order valence-electron chi connectivity index (χ1n) is 6.64. The fourth-order valence-corrected chi connectivity index (χ4v) is 2.97. The smallest absolute Gasteiger partial charge is 0.140 e. The van der Waals surface area contributed by atoms with Crippen LogP contribution in [0.25, 0.3) is 0 Å². The Balaban J connectivity index is 2.35. The van der Waals surface area contributed by atoms with E-state index in [-0.39, 0.29) is 12.1 Å². The standard InChI is InChI=1S/C16H16BrCl2NO/c1-2-14(20)16(11-5-3-4-6-12(11)18)21-15-8-7-10(17)9-13(15)19/h3-9,14,16H,2,20H2,1H3. The van der Waals surface area contributed by atoms with Crippen LogP contribution in [0.2, 0.25) is 10.0 Å². The zero-order valence-corrected chi connectivity index (χ0v) is 14.6. The van der Waals surface area contributed by atoms with Crippen molar-refractivity contribution in [3.05, 3.63) is 62.5 Å². The Morgan fingerprint density at radius 2 is 1.86 bits per heavy atom. The van der Waals surface area contributed by atoms with Gasteiger partial charge in [0.1, 0.15) is 11.9 Å². The number of ether oxygens (including phenoxy) is 1. The van der Waals surface area contributed by atoms with Crippen molar-refractivity contribution in [1.82, 2.24) is 0 Å². The average molecular weight is 389 g/mol. The van der Waals surface area contributed by atoms with Crippen molar-refractivity contribution in [1.29, 1.82) is 0 Å². The largest absolute Gasteiger partial charge is 0.482 e. The molecule has 0 fully saturated rings. The molecule has 0 aliphatic heterocycles. The molecule has 0 aromatic heterocycles. The van der Waals surface area contributed by atoms with E-state index in [2.05, 4.69) is 15.9 Å². The van der Waals surface area contributed by atoms with Gasteiger partial charge in [0.05, 0.1) is 5.02 Å². The van der Waals surface area contributed by atoms with Crippen molar-refractivity contribution in [2.45, 2.75) is 25.5 Å². The quantitative estimate of drug-likeness (QED) is 0.721. The lowest BCUT2D eigenvalue weighted by atomic mass is 10.0. The fourth-order valence-electron chi connectivity index (χ4n) is 2.01. The zero-order chi connectivity index (χ0) is 15.4. The summed E-state index contributed by atoms with van der Waals surface area (Å²) in [5.74, 6) is 0.591. The lowest BCUT2D eigenvalue weighted by Crippen LogP contribution is -2.31. The van der Waals surface area contributed by atoms with Crippen molar-refractivity contribution in [3.63, 3.8) is 0 Å². The number of hydrogen-bond donors (Lipinski definition) is 1. The summed E-state index contributed by atoms with van der Waals surface area (Å²) in [4.78, 5) is 0. The van der Waals surface area contributed by atoms with E-state index >= 15 is 0 Å². The molecule has 0 aliphatic rings. The van der Waals surface area contributed by atoms with E-state index in [9.17, 15) is 0 Å². The van der Waals surface area contributed by atoms with Gasteiger partial charge in [-0.1, -0.05) is 64.3 Å². The van der Waals surface area contributed by atoms with Gasteiger partial charge in [-0.2, -0.15) is 0 Å². The molecule has 2 rings (SSSR count). The van der Waals surface area contributed by atoms with Crippen LogP contribution in [-0.4, -0.2) is 6.04 Å². The van der Waals surface area contributed by atoms with Crippen LogP contribution in [0.5, 0.6) is 5.75 Å². The second kappa shape index (κ2) is 7.50. The van der Waals surface area contributed by atoms with Crippen LogP contribution in [0.15, 0.2) is 46.9 Å². The lowest BCUT2D eigenvalue weighted by molar-refractivity contribution is 0.171. The highest BCUT2D eigenvalue weighted by molar-refractivity contribution is 9.10. The van der Waals surface area contributed by atoms with Crippen molar-refractivity contribution in [2.24, 2.45) is 5.73 Å². The van der Waals surface area contributed by atoms with E-state index in [1.54, 1.807) is 6.07 Å². The molecule has 21 heavy (non-hydrogen) atoms. The summed E-state index contributed by atoms with van der Waals surface area (Å²) in [7, 11) is 0. The molecule has 2 atom stereocenters. The summed E-state index contributed by atoms with van der Waals surface area (Å²) in [5.41, 5.74) is 7.08. The highest BCUT2D eigenvalue weighted by Crippen LogP contribution is 2.35. The molecule has 2 aromatic carbocycles. The van der Waals surface area contributed by atoms with Crippen LogP contribution in [0.3, 0.4) is 0 Å². The van der Waals surface area contributed by atoms with Gasteiger partial charge in [0, 0.05) is 21.1 Å². The minimum absolute atomic E-state index is 0.176. The predicted molar refractivity (Wildman–Crippen MR) is 92.2 cm³/mol. The van der Waals surface area contributed by atoms with Gasteiger partial charge in [-0.15, -0.1) is 0 Å². The summed E-state index contributed by atoms with van der Waals surface area (Å²) < 4.78 is 6.95. The Kier molecular flexibility index (Phi) is 5.94. The van der Waals surface area contributed by atoms with Gasteiger partial charge in [0.15, 0.2) is 0 Å². The third-order valence-corrected chi connectivity index (χ3v) is 4.35. The third-order valence-electron chi connectivity index (χ3n) is 3.22. The third kappa shape index (κ3) is 4.13. The molecule has 2 nitrogen and oxygen atoms in total. The van der Waals surface area contributed by atoms with Crippen LogP contribution in [-0.2, 0) is 0 Å². The second-order valence-corrected chi connectivity index (χ2v) is 6.44. The van der Waals surface area contributed by atoms with E-state index in [0.717, 1.165) is 16.5 Å². The van der Waals surface area contributed by atoms with Gasteiger partial charge in [-0.3, -0.25) is 0 Å². The monoisotopic (exact) mass is 387 g/mol. The fraction of sp³-hybridized carbons (Fsp3) is 0.250. The molecular weight excluding hydrogens is 373 g/mol. The zero-order valence-electron chi connectivity index (χ0n) is 11.5. The minimum Gasteiger partial charge on any atom is -0.482 e. The molecule has 0 bridgehead atoms. The van der Waals surface area contributed by atoms with Crippen molar-refractivity contribution < 1.29 is 4.74 Å². The number of rotatable bonds is 5. The van der Waals surface area contributed by atoms with E-state index in [1.165, 1.54) is 0 Å². The molecule has 2 N–H and O–H groups in total. The number of nitrogens with two attached hydrogens (primary N) is 1. The molecule has 112 valence electrons. The van der Waals surface area contributed by atoms with Gasteiger partial charge in [0.25, 0.3) is 0 Å². The topological polar surface area (TPSA) is 35.2 Å². The number of benzene rings is 2. The van der Waals surface area contributed by atoms with Crippen LogP contribution in [0.4, 0.5) is 0 Å². The summed E-state index contributed by atoms with van der Waals surface area (Å²) in [5, 5.41) is 1.17. The number of hydrogen-bond acceptors (Lipinski definition) is 2. The lowest BCUT2D eigenvalue weighted by Gasteiger charge is -2.26. The predicted octanol–water partition coefficient (Wildman–Crippen LogP) is 5.61. The van der Waals surface area contributed by atoms with E-state index < -0.39 is 0 Å². The Hall–Kier alpha value is -0.740. The summed E-state index contributed by atoms with van der Waals surface area (Å²) in [6, 6.07) is 12.9. The van der Waals surface area contributed by atoms with Gasteiger partial charge < -0.3 is 10.5 Å². The van der Waals surface area contributed by atoms with Gasteiger partial charge >= 0.3 is 0 Å². The molecule has 2 unspecified atom stereocenters. The Morgan fingerprint density at radius 1 is 1.14 bits per heavy atom. The molecule has 0 aliphatic carbocycles. The highest BCUT2D eigenvalue weighted by Gasteiger charge is 2.23. The molecule has 0 saturated carbocycles. The van der Waals surface area contributed by atoms with Crippen molar-refractivity contribution in [3.8, 4) is 5.75 Å². The van der Waals surface area contributed by atoms with Crippen molar-refractivity contribution in [2.75, 3.05) is 0 Å². The molecule has 2 aromatic rings. The van der Waals surface area contributed by atoms with Gasteiger partial charge in [-0.05, 0) is 30.7 Å². The van der Waals surface area contributed by atoms with Crippen LogP contribution >= 0.6 is 39.1 Å². The second-order valence-electron chi connectivity index (χ2n) is 4.71. The molecule has 0 heterocycles. The maximum absolute atomic E-state index is 6.28. The maximum atomic E-state index is 6.28. The maximum Gasteiger partial charge on any atom is 0.140 e. The first-order valence-corrected chi connectivity index (χ1v) is 8.19. The molecule has 0 saturated heterocycles. The minimum atomic E-state index is -0.345.